The van der Waals surface area contributed by atoms with Crippen LogP contribution in [0.1, 0.15) is 123 Å². The Balaban J connectivity index is 1.03. The summed E-state index contributed by atoms with van der Waals surface area (Å²) in [5.74, 6) is -5.77. The number of phenolic OH excluding ortho intramolecular Hbond substituents is 2. The summed E-state index contributed by atoms with van der Waals surface area (Å²) in [5, 5.41) is 100. The van der Waals surface area contributed by atoms with Gasteiger partial charge in [-0.2, -0.15) is 0 Å². The van der Waals surface area contributed by atoms with Crippen molar-refractivity contribution in [3.63, 3.8) is 0 Å². The molecule has 0 saturated carbocycles. The van der Waals surface area contributed by atoms with Gasteiger partial charge in [-0.1, -0.05) is 13.8 Å². The topological polar surface area (TPSA) is 370 Å². The second-order valence-corrected chi connectivity index (χ2v) is 23.9. The maximum absolute atomic E-state index is 15.1. The number of aromatic hydroxyl groups is 2. The second-order valence-electron chi connectivity index (χ2n) is 23.9. The number of esters is 2. The molecule has 5 fully saturated rings. The van der Waals surface area contributed by atoms with Crippen LogP contribution in [-0.2, 0) is 77.6 Å². The van der Waals surface area contributed by atoms with Crippen molar-refractivity contribution < 1.29 is 127 Å². The largest absolute Gasteiger partial charge is 0.507 e. The van der Waals surface area contributed by atoms with Crippen LogP contribution in [0.5, 0.6) is 17.2 Å². The Morgan fingerprint density at radius 2 is 1.23 bits per heavy atom. The molecule has 0 spiro atoms. The van der Waals surface area contributed by atoms with E-state index in [4.69, 9.17) is 61.6 Å². The van der Waals surface area contributed by atoms with Gasteiger partial charge in [-0.05, 0) is 84.9 Å². The van der Waals surface area contributed by atoms with Gasteiger partial charge in [0.05, 0.1) is 71.8 Å². The molecule has 25 atom stereocenters. The van der Waals surface area contributed by atoms with E-state index < -0.39 is 194 Å². The average molecular weight is 1200 g/mol. The van der Waals surface area contributed by atoms with Crippen molar-refractivity contribution in [3.8, 4) is 17.2 Å². The van der Waals surface area contributed by atoms with Crippen molar-refractivity contribution >= 4 is 34.3 Å². The van der Waals surface area contributed by atoms with Gasteiger partial charge in [0.1, 0.15) is 65.6 Å². The van der Waals surface area contributed by atoms with Crippen LogP contribution >= 0.6 is 0 Å². The molecule has 8 rings (SSSR count). The lowest BCUT2D eigenvalue weighted by atomic mass is 9.75. The zero-order valence-electron chi connectivity index (χ0n) is 49.3. The van der Waals surface area contributed by atoms with Crippen LogP contribution in [0.25, 0.3) is 10.8 Å². The molecule has 6 aliphatic rings. The summed E-state index contributed by atoms with van der Waals surface area (Å²) in [7, 11) is 1.18. The van der Waals surface area contributed by atoms with Crippen molar-refractivity contribution in [1.82, 2.24) is 0 Å². The summed E-state index contributed by atoms with van der Waals surface area (Å²) in [6.07, 6.45) is -27.4. The van der Waals surface area contributed by atoms with E-state index in [1.807, 2.05) is 0 Å². The van der Waals surface area contributed by atoms with E-state index in [2.05, 4.69) is 0 Å². The van der Waals surface area contributed by atoms with Crippen LogP contribution in [0.2, 0.25) is 0 Å². The molecule has 5 heterocycles. The molecule has 0 radical (unpaired) electrons. The molecule has 2 aromatic carbocycles. The van der Waals surface area contributed by atoms with Crippen molar-refractivity contribution in [2.75, 3.05) is 7.11 Å². The molecule has 5 aliphatic heterocycles. The Labute approximate surface area is 486 Å². The number of benzene rings is 2. The molecule has 0 bridgehead atoms. The van der Waals surface area contributed by atoms with Gasteiger partial charge in [0.15, 0.2) is 48.9 Å². The van der Waals surface area contributed by atoms with Gasteiger partial charge in [0.2, 0.25) is 6.29 Å². The Bertz CT molecular complexity index is 2650. The summed E-state index contributed by atoms with van der Waals surface area (Å²) in [4.78, 5) is 53.8. The number of carbonyl (C=O) groups is 4. The molecule has 0 amide bonds. The molecule has 26 heteroatoms. The molecule has 84 heavy (non-hydrogen) atoms. The SMILES string of the molecule is CO[C@H](C(=O)[C@@H](O)[C@@H](C)O)[C@@H]1Cc2cc3cc(OC4CC(OC5CC(O)C(O)C(C)O5)C(OC(C)=O)C(C)O4)c(C)c(O)c3c(O)c2C(=O)[C@H]1OC1CC(OC2CC(OC3CC(C)(O)C(OC(=O)C(C)C)C(C)O3)C(O)C(C)O2)C(O)C(C)O1. The fourth-order valence-corrected chi connectivity index (χ4v) is 12.2. The third kappa shape index (κ3) is 14.0. The zero-order valence-corrected chi connectivity index (χ0v) is 49.3. The van der Waals surface area contributed by atoms with E-state index in [1.54, 1.807) is 41.5 Å². The number of rotatable bonds is 18. The van der Waals surface area contributed by atoms with Crippen molar-refractivity contribution in [3.05, 3.63) is 28.8 Å². The predicted octanol–water partition coefficient (Wildman–Crippen LogP) is 1.53. The number of hydrogen-bond donors (Lipinski definition) is 9. The predicted molar refractivity (Wildman–Crippen MR) is 287 cm³/mol. The highest BCUT2D eigenvalue weighted by Gasteiger charge is 2.53. The number of hydrogen-bond acceptors (Lipinski definition) is 26. The Hall–Kier alpha value is -4.30. The number of ether oxygens (including phenoxy) is 13. The number of Topliss-reactive ketones (excluding diaryl/α,β-unsaturated/α-hetero) is 2. The highest BCUT2D eigenvalue weighted by molar-refractivity contribution is 6.11. The standard InChI is InChI=1S/C58H84O26/c1-21(2)57(70)84-56-28(9)77-42(20-58(56,11)71)81-36-17-39(74-25(6)49(36)66)80-35-18-41(75-26(7)48(35)65)83-55-32(54(72-12)52(69)46(63)23(4)59)14-30-13-31-15-34(22(3)45(62)43(31)50(67)44(30)51(55)68)79-40-19-37(53(27(8)76-40)78-29(10)60)82-38-16-33(61)47(64)24(5)73-38/h13,15,21,23-28,32-33,35-42,46-49,53-56,59,61-67,71H,14,16-20H2,1-12H3/t23-,24?,25?,26?,27?,28?,32+,33?,35?,36?,37?,38?,39?,40?,41?,42?,46+,47?,48?,49?,53?,54+,55+,56?,58?/m1/s1. The molecule has 0 aromatic heterocycles. The number of phenols is 2. The van der Waals surface area contributed by atoms with Crippen LogP contribution in [0.4, 0.5) is 0 Å². The molecule has 9 N–H and O–H groups in total. The summed E-state index contributed by atoms with van der Waals surface area (Å²) < 4.78 is 78.8. The number of aliphatic hydroxyl groups excluding tert-OH is 6. The van der Waals surface area contributed by atoms with E-state index in [0.29, 0.717) is 0 Å². The normalized spacial score (nSPS) is 39.5. The van der Waals surface area contributed by atoms with E-state index in [0.717, 1.165) is 0 Å². The Morgan fingerprint density at radius 3 is 1.79 bits per heavy atom. The average Bonchev–Trinajstić information content (AvgIpc) is 2.88. The molecular formula is C58H84O26. The zero-order chi connectivity index (χ0) is 61.7. The molecule has 1 aliphatic carbocycles. The minimum absolute atomic E-state index is 0.0584. The van der Waals surface area contributed by atoms with Crippen LogP contribution < -0.4 is 4.74 Å². The van der Waals surface area contributed by atoms with Gasteiger partial charge < -0.3 is 108 Å². The number of ketones is 2. The summed E-state index contributed by atoms with van der Waals surface area (Å²) in [5.41, 5.74) is -1.56. The molecular weight excluding hydrogens is 1110 g/mol. The van der Waals surface area contributed by atoms with Crippen molar-refractivity contribution in [2.45, 2.75) is 262 Å². The lowest BCUT2D eigenvalue weighted by molar-refractivity contribution is -0.334. The fraction of sp³-hybridized carbons (Fsp3) is 0.759. The quantitative estimate of drug-likeness (QED) is 0.0956. The minimum Gasteiger partial charge on any atom is -0.507 e. The maximum atomic E-state index is 15.1. The Kier molecular flexibility index (Phi) is 20.8. The van der Waals surface area contributed by atoms with E-state index in [9.17, 15) is 60.3 Å². The van der Waals surface area contributed by atoms with Crippen LogP contribution in [0.15, 0.2) is 12.1 Å². The maximum Gasteiger partial charge on any atom is 0.308 e. The number of carbonyl (C=O) groups excluding carboxylic acids is 4. The van der Waals surface area contributed by atoms with E-state index >= 15 is 4.79 Å². The Morgan fingerprint density at radius 1 is 0.690 bits per heavy atom. The fourth-order valence-electron chi connectivity index (χ4n) is 12.2. The highest BCUT2D eigenvalue weighted by Crippen LogP contribution is 2.48. The lowest BCUT2D eigenvalue weighted by Crippen LogP contribution is -2.59. The first-order valence-corrected chi connectivity index (χ1v) is 28.7. The summed E-state index contributed by atoms with van der Waals surface area (Å²) in [6, 6.07) is 3.01. The van der Waals surface area contributed by atoms with Crippen LogP contribution in [-0.4, -0.2) is 223 Å². The minimum atomic E-state index is -1.97. The molecule has 5 saturated heterocycles. The first-order chi connectivity index (χ1) is 39.4. The number of methoxy groups -OCH3 is 1. The van der Waals surface area contributed by atoms with Crippen LogP contribution in [0, 0.1) is 18.8 Å². The van der Waals surface area contributed by atoms with E-state index in [1.165, 1.54) is 53.9 Å². The van der Waals surface area contributed by atoms with Gasteiger partial charge in [0, 0.05) is 57.6 Å². The summed E-state index contributed by atoms with van der Waals surface area (Å²) >= 11 is 0. The van der Waals surface area contributed by atoms with Crippen molar-refractivity contribution in [2.24, 2.45) is 11.8 Å². The monoisotopic (exact) mass is 1200 g/mol. The second kappa shape index (κ2) is 26.6. The first-order valence-electron chi connectivity index (χ1n) is 28.7. The molecule has 2 aromatic rings. The smallest absolute Gasteiger partial charge is 0.308 e. The molecule has 26 nitrogen and oxygen atoms in total. The number of aliphatic hydroxyl groups is 7. The first kappa shape index (κ1) is 65.7. The van der Waals surface area contributed by atoms with Gasteiger partial charge in [-0.15, -0.1) is 0 Å². The van der Waals surface area contributed by atoms with Gasteiger partial charge in [0.25, 0.3) is 0 Å². The highest BCUT2D eigenvalue weighted by atomic mass is 16.7. The summed E-state index contributed by atoms with van der Waals surface area (Å²) in [6.45, 7) is 16.7. The van der Waals surface area contributed by atoms with Gasteiger partial charge in [-0.3, -0.25) is 19.2 Å². The third-order valence-corrected chi connectivity index (χ3v) is 16.8. The van der Waals surface area contributed by atoms with Crippen molar-refractivity contribution in [1.29, 1.82) is 0 Å². The number of fused-ring (bicyclic) bond motifs is 2. The van der Waals surface area contributed by atoms with E-state index in [-0.39, 0.29) is 71.7 Å². The van der Waals surface area contributed by atoms with Gasteiger partial charge >= 0.3 is 11.9 Å². The lowest BCUT2D eigenvalue weighted by Gasteiger charge is -2.47. The van der Waals surface area contributed by atoms with Crippen LogP contribution in [0.3, 0.4) is 0 Å². The molecule has 472 valence electrons. The third-order valence-electron chi connectivity index (χ3n) is 16.8. The van der Waals surface area contributed by atoms with Gasteiger partial charge in [-0.25, -0.2) is 0 Å². The molecule has 20 unspecified atom stereocenters.